The average molecular weight is 227 g/mol. The molecule has 0 bridgehead atoms. The largest absolute Gasteiger partial charge is 1.00 e. The number of benzene rings is 1. The van der Waals surface area contributed by atoms with E-state index in [1.165, 1.54) is 0 Å². The van der Waals surface area contributed by atoms with E-state index in [0.717, 1.165) is 16.5 Å². The van der Waals surface area contributed by atoms with E-state index in [2.05, 4.69) is 0 Å². The smallest absolute Gasteiger partial charge is 0.548 e. The molecule has 1 N–H and O–H groups in total. The number of hydrogen-bond donors (Lipinski definition) is 1. The number of nitrogens with zero attached hydrogens (tertiary/aromatic N) is 1. The maximum Gasteiger partial charge on any atom is 1.00 e. The number of fused-ring (bicyclic) bond motifs is 1. The molecule has 0 unspecified atom stereocenters. The molecule has 5 heteroatoms. The van der Waals surface area contributed by atoms with Crippen molar-refractivity contribution >= 4 is 16.9 Å². The first-order valence-corrected chi connectivity index (χ1v) is 4.60. The topological polar surface area (TPSA) is 65.3 Å². The normalized spacial score (nSPS) is 10.1. The van der Waals surface area contributed by atoms with Gasteiger partial charge in [-0.05, 0) is 6.07 Å². The minimum atomic E-state index is -1.14. The first-order chi connectivity index (χ1) is 7.22. The quantitative estimate of drug-likeness (QED) is 0.564. The predicted octanol–water partition coefficient (Wildman–Crippen LogP) is -3.11. The van der Waals surface area contributed by atoms with E-state index in [4.69, 9.17) is 5.11 Å². The molecular formula is C11H10NNaO3. The molecule has 1 heterocycles. The van der Waals surface area contributed by atoms with Gasteiger partial charge in [0.2, 0.25) is 0 Å². The molecule has 78 valence electrons. The number of carbonyl (C=O) groups is 1. The molecule has 0 aliphatic rings. The average Bonchev–Trinajstić information content (AvgIpc) is 2.56. The van der Waals surface area contributed by atoms with Crippen molar-refractivity contribution in [3.8, 4) is 0 Å². The summed E-state index contributed by atoms with van der Waals surface area (Å²) >= 11 is 0. The number of carbonyl (C=O) groups excluding carboxylic acids is 1. The molecular weight excluding hydrogens is 217 g/mol. The number of rotatable bonds is 3. The fraction of sp³-hybridized carbons (Fsp3) is 0.182. The molecule has 4 nitrogen and oxygen atoms in total. The van der Waals surface area contributed by atoms with Crippen LogP contribution in [0.4, 0.5) is 0 Å². The van der Waals surface area contributed by atoms with Crippen molar-refractivity contribution in [2.45, 2.75) is 13.2 Å². The molecule has 0 atom stereocenters. The maximum absolute atomic E-state index is 10.5. The minimum absolute atomic E-state index is 0. The van der Waals surface area contributed by atoms with Gasteiger partial charge in [0.25, 0.3) is 0 Å². The number of para-hydroxylation sites is 1. The molecule has 0 aliphatic carbocycles. The number of aliphatic hydroxyl groups is 1. The Morgan fingerprint density at radius 1 is 1.38 bits per heavy atom. The van der Waals surface area contributed by atoms with E-state index in [9.17, 15) is 9.90 Å². The Hall–Kier alpha value is -0.810. The summed E-state index contributed by atoms with van der Waals surface area (Å²) in [5, 5.41) is 20.5. The zero-order valence-electron chi connectivity index (χ0n) is 9.01. The molecule has 0 spiro atoms. The number of carboxylic acid groups (broad SMARTS) is 1. The van der Waals surface area contributed by atoms with Crippen LogP contribution in [0.1, 0.15) is 5.56 Å². The summed E-state index contributed by atoms with van der Waals surface area (Å²) in [6.45, 7) is -0.291. The third-order valence-electron chi connectivity index (χ3n) is 2.34. The summed E-state index contributed by atoms with van der Waals surface area (Å²) < 4.78 is 1.57. The molecule has 2 rings (SSSR count). The monoisotopic (exact) mass is 227 g/mol. The van der Waals surface area contributed by atoms with Gasteiger partial charge in [0.15, 0.2) is 0 Å². The van der Waals surface area contributed by atoms with E-state index in [-0.39, 0.29) is 42.7 Å². The summed E-state index contributed by atoms with van der Waals surface area (Å²) in [6.07, 6.45) is 1.64. The van der Waals surface area contributed by atoms with Crippen LogP contribution in [0.3, 0.4) is 0 Å². The van der Waals surface area contributed by atoms with Gasteiger partial charge in [0.1, 0.15) is 0 Å². The molecule has 0 aliphatic heterocycles. The maximum atomic E-state index is 10.5. The number of aliphatic hydroxyl groups excluding tert-OH is 1. The fourth-order valence-electron chi connectivity index (χ4n) is 1.72. The molecule has 0 saturated carbocycles. The number of aliphatic carboxylic acids is 1. The van der Waals surface area contributed by atoms with Crippen LogP contribution in [-0.4, -0.2) is 15.6 Å². The number of hydrogen-bond acceptors (Lipinski definition) is 3. The van der Waals surface area contributed by atoms with Gasteiger partial charge < -0.3 is 19.6 Å². The van der Waals surface area contributed by atoms with Crippen LogP contribution in [0.5, 0.6) is 0 Å². The zero-order chi connectivity index (χ0) is 10.8. The summed E-state index contributed by atoms with van der Waals surface area (Å²) in [4.78, 5) is 10.5. The second-order valence-electron chi connectivity index (χ2n) is 3.33. The molecule has 0 fully saturated rings. The molecule has 0 saturated heterocycles. The van der Waals surface area contributed by atoms with E-state index in [1.54, 1.807) is 10.8 Å². The zero-order valence-corrected chi connectivity index (χ0v) is 11.0. The van der Waals surface area contributed by atoms with Gasteiger partial charge >= 0.3 is 29.6 Å². The Morgan fingerprint density at radius 2 is 2.06 bits per heavy atom. The SMILES string of the molecule is O=C([O-])Cn1cc(CO)c2ccccc21.[Na+]. The Labute approximate surface area is 115 Å². The Bertz CT molecular complexity index is 507. The van der Waals surface area contributed by atoms with E-state index < -0.39 is 5.97 Å². The molecule has 0 amide bonds. The van der Waals surface area contributed by atoms with Gasteiger partial charge in [0, 0.05) is 22.7 Å². The van der Waals surface area contributed by atoms with Gasteiger partial charge in [-0.15, -0.1) is 0 Å². The minimum Gasteiger partial charge on any atom is -0.548 e. The van der Waals surface area contributed by atoms with E-state index >= 15 is 0 Å². The van der Waals surface area contributed by atoms with Crippen molar-refractivity contribution in [1.29, 1.82) is 0 Å². The molecule has 0 radical (unpaired) electrons. The Morgan fingerprint density at radius 3 is 2.69 bits per heavy atom. The molecule has 1 aromatic heterocycles. The summed E-state index contributed by atoms with van der Waals surface area (Å²) in [7, 11) is 0. The standard InChI is InChI=1S/C11H11NO3.Na/c13-7-8-5-12(6-11(14)15)10-4-2-1-3-9(8)10;/h1-5,13H,6-7H2,(H,14,15);/q;+1/p-1. The van der Waals surface area contributed by atoms with Crippen LogP contribution < -0.4 is 34.7 Å². The second kappa shape index (κ2) is 5.50. The van der Waals surface area contributed by atoms with Crippen LogP contribution in [0, 0.1) is 0 Å². The van der Waals surface area contributed by atoms with Crippen molar-refractivity contribution < 1.29 is 44.6 Å². The van der Waals surface area contributed by atoms with E-state index in [0.29, 0.717) is 0 Å². The van der Waals surface area contributed by atoms with Crippen LogP contribution >= 0.6 is 0 Å². The molecule has 1 aromatic carbocycles. The van der Waals surface area contributed by atoms with E-state index in [1.807, 2.05) is 24.3 Å². The van der Waals surface area contributed by atoms with Gasteiger partial charge in [-0.2, -0.15) is 0 Å². The predicted molar refractivity (Wildman–Crippen MR) is 52.9 cm³/mol. The number of carboxylic acids is 1. The van der Waals surface area contributed by atoms with Crippen LogP contribution in [0.15, 0.2) is 30.5 Å². The summed E-state index contributed by atoms with van der Waals surface area (Å²) in [5.74, 6) is -1.14. The third kappa shape index (κ3) is 2.47. The van der Waals surface area contributed by atoms with Crippen molar-refractivity contribution in [2.24, 2.45) is 0 Å². The molecule has 2 aromatic rings. The third-order valence-corrected chi connectivity index (χ3v) is 2.34. The van der Waals surface area contributed by atoms with Crippen LogP contribution in [-0.2, 0) is 17.9 Å². The van der Waals surface area contributed by atoms with Gasteiger partial charge in [-0.1, -0.05) is 18.2 Å². The van der Waals surface area contributed by atoms with Crippen LogP contribution in [0.25, 0.3) is 10.9 Å². The fourth-order valence-corrected chi connectivity index (χ4v) is 1.72. The van der Waals surface area contributed by atoms with Gasteiger partial charge in [0.05, 0.1) is 19.1 Å². The molecule has 16 heavy (non-hydrogen) atoms. The van der Waals surface area contributed by atoms with Crippen molar-refractivity contribution in [2.75, 3.05) is 0 Å². The Kier molecular flexibility index (Phi) is 4.56. The van der Waals surface area contributed by atoms with Gasteiger partial charge in [-0.3, -0.25) is 0 Å². The number of aromatic nitrogens is 1. The van der Waals surface area contributed by atoms with Crippen molar-refractivity contribution in [3.05, 3.63) is 36.0 Å². The first-order valence-electron chi connectivity index (χ1n) is 4.60. The Balaban J connectivity index is 0.00000128. The summed E-state index contributed by atoms with van der Waals surface area (Å²) in [5.41, 5.74) is 1.53. The summed E-state index contributed by atoms with van der Waals surface area (Å²) in [6, 6.07) is 7.35. The first kappa shape index (κ1) is 13.3. The van der Waals surface area contributed by atoms with Crippen molar-refractivity contribution in [1.82, 2.24) is 4.57 Å². The van der Waals surface area contributed by atoms with Crippen LogP contribution in [0.2, 0.25) is 0 Å². The van der Waals surface area contributed by atoms with Gasteiger partial charge in [-0.25, -0.2) is 0 Å². The second-order valence-corrected chi connectivity index (χ2v) is 3.33. The van der Waals surface area contributed by atoms with Crippen molar-refractivity contribution in [3.63, 3.8) is 0 Å².